The second-order valence-electron chi connectivity index (χ2n) is 6.04. The average Bonchev–Trinajstić information content (AvgIpc) is 2.64. The molecule has 1 saturated heterocycles. The number of anilines is 1. The first kappa shape index (κ1) is 19.9. The summed E-state index contributed by atoms with van der Waals surface area (Å²) in [5.74, 6) is 0.568. The van der Waals surface area contributed by atoms with Crippen LogP contribution in [0.4, 0.5) is 5.82 Å². The first-order valence-corrected chi connectivity index (χ1v) is 10.4. The lowest BCUT2D eigenvalue weighted by atomic mass is 9.74. The molecule has 9 heteroatoms. The average molecular weight is 521 g/mol. The van der Waals surface area contributed by atoms with Crippen LogP contribution >= 0.6 is 55.7 Å². The van der Waals surface area contributed by atoms with Gasteiger partial charge in [0.2, 0.25) is 0 Å². The Morgan fingerprint density at radius 2 is 1.92 bits per heavy atom. The van der Waals surface area contributed by atoms with E-state index in [2.05, 4.69) is 64.6 Å². The van der Waals surface area contributed by atoms with Gasteiger partial charge in [-0.25, -0.2) is 9.97 Å². The molecular weight excluding hydrogens is 504 g/mol. The van der Waals surface area contributed by atoms with Gasteiger partial charge in [-0.15, -0.1) is 0 Å². The van der Waals surface area contributed by atoms with Gasteiger partial charge in [-0.3, -0.25) is 0 Å². The molecule has 0 saturated carbocycles. The van der Waals surface area contributed by atoms with Gasteiger partial charge < -0.3 is 15.4 Å². The lowest BCUT2D eigenvalue weighted by Gasteiger charge is -2.38. The molecular formula is C17H17Br2ClN4OS. The van der Waals surface area contributed by atoms with Gasteiger partial charge >= 0.3 is 0 Å². The Bertz CT molecular complexity index is 785. The third-order valence-electron chi connectivity index (χ3n) is 4.43. The normalized spacial score (nSPS) is 16.1. The molecule has 0 aliphatic carbocycles. The van der Waals surface area contributed by atoms with E-state index in [4.69, 9.17) is 28.6 Å². The monoisotopic (exact) mass is 518 g/mol. The fourth-order valence-corrected chi connectivity index (χ4v) is 4.17. The molecule has 0 bridgehead atoms. The van der Waals surface area contributed by atoms with Crippen molar-refractivity contribution in [2.45, 2.75) is 18.3 Å². The van der Waals surface area contributed by atoms with E-state index in [1.165, 1.54) is 5.56 Å². The van der Waals surface area contributed by atoms with E-state index in [9.17, 15) is 0 Å². The Morgan fingerprint density at radius 3 is 2.58 bits per heavy atom. The molecule has 26 heavy (non-hydrogen) atoms. The Kier molecular flexibility index (Phi) is 6.85. The van der Waals surface area contributed by atoms with Gasteiger partial charge in [0, 0.05) is 30.2 Å². The van der Waals surface area contributed by atoms with E-state index >= 15 is 0 Å². The zero-order chi connectivity index (χ0) is 18.6. The summed E-state index contributed by atoms with van der Waals surface area (Å²) in [6.07, 6.45) is 3.46. The fraction of sp³-hybridized carbons (Fsp3) is 0.353. The summed E-state index contributed by atoms with van der Waals surface area (Å²) in [6, 6.07) is 8.03. The molecule has 2 N–H and O–H groups in total. The van der Waals surface area contributed by atoms with Gasteiger partial charge in [0.05, 0.1) is 6.20 Å². The minimum atomic E-state index is -0.0444. The number of nitrogens with one attached hydrogen (secondary N) is 2. The number of halogens is 3. The Balaban J connectivity index is 1.69. The SMILES string of the molecule is S=C(NCC1(c2ccc(Cl)cc2)CCOCC1)Nc1ncc(Br)nc1Br. The zero-order valence-electron chi connectivity index (χ0n) is 13.8. The molecule has 0 spiro atoms. The van der Waals surface area contributed by atoms with Crippen LogP contribution in [-0.4, -0.2) is 34.8 Å². The maximum atomic E-state index is 6.05. The molecule has 2 aromatic rings. The van der Waals surface area contributed by atoms with Crippen LogP contribution in [0, 0.1) is 0 Å². The second-order valence-corrected chi connectivity index (χ2v) is 8.45. The van der Waals surface area contributed by atoms with Crippen molar-refractivity contribution in [2.24, 2.45) is 0 Å². The minimum absolute atomic E-state index is 0.0444. The highest BCUT2D eigenvalue weighted by Gasteiger charge is 2.34. The first-order chi connectivity index (χ1) is 12.5. The van der Waals surface area contributed by atoms with Crippen molar-refractivity contribution in [2.75, 3.05) is 25.1 Å². The molecule has 1 aromatic carbocycles. The molecule has 0 unspecified atom stereocenters. The lowest BCUT2D eigenvalue weighted by molar-refractivity contribution is 0.0515. The van der Waals surface area contributed by atoms with E-state index in [1.807, 2.05) is 12.1 Å². The number of ether oxygens (including phenoxy) is 1. The summed E-state index contributed by atoms with van der Waals surface area (Å²) in [5, 5.41) is 7.65. The highest BCUT2D eigenvalue weighted by atomic mass is 79.9. The molecule has 1 fully saturated rings. The summed E-state index contributed by atoms with van der Waals surface area (Å²) in [5.41, 5.74) is 1.20. The number of hydrogen-bond acceptors (Lipinski definition) is 4. The number of benzene rings is 1. The lowest BCUT2D eigenvalue weighted by Crippen LogP contribution is -2.45. The van der Waals surface area contributed by atoms with Crippen LogP contribution in [-0.2, 0) is 10.2 Å². The maximum absolute atomic E-state index is 6.05. The molecule has 2 heterocycles. The highest BCUT2D eigenvalue weighted by Crippen LogP contribution is 2.35. The van der Waals surface area contributed by atoms with Crippen LogP contribution in [0.5, 0.6) is 0 Å². The topological polar surface area (TPSA) is 59.1 Å². The van der Waals surface area contributed by atoms with Crippen molar-refractivity contribution in [1.29, 1.82) is 0 Å². The van der Waals surface area contributed by atoms with Crippen molar-refractivity contribution in [3.63, 3.8) is 0 Å². The van der Waals surface area contributed by atoms with E-state index in [-0.39, 0.29) is 5.41 Å². The third kappa shape index (κ3) is 4.92. The number of aromatic nitrogens is 2. The molecule has 1 aliphatic rings. The summed E-state index contributed by atoms with van der Waals surface area (Å²) < 4.78 is 6.81. The van der Waals surface area contributed by atoms with E-state index in [1.54, 1.807) is 6.20 Å². The number of thiocarbonyl (C=S) groups is 1. The van der Waals surface area contributed by atoms with Crippen molar-refractivity contribution < 1.29 is 4.74 Å². The Labute approximate surface area is 179 Å². The predicted molar refractivity (Wildman–Crippen MR) is 115 cm³/mol. The number of rotatable bonds is 4. The summed E-state index contributed by atoms with van der Waals surface area (Å²) in [7, 11) is 0. The van der Waals surface area contributed by atoms with Crippen molar-refractivity contribution in [1.82, 2.24) is 15.3 Å². The minimum Gasteiger partial charge on any atom is -0.381 e. The van der Waals surface area contributed by atoms with Gasteiger partial charge in [0.15, 0.2) is 10.9 Å². The van der Waals surface area contributed by atoms with Gasteiger partial charge in [-0.1, -0.05) is 23.7 Å². The van der Waals surface area contributed by atoms with Crippen LogP contribution < -0.4 is 10.6 Å². The molecule has 1 aliphatic heterocycles. The van der Waals surface area contributed by atoms with Crippen LogP contribution in [0.15, 0.2) is 39.7 Å². The molecule has 0 radical (unpaired) electrons. The van der Waals surface area contributed by atoms with Gasteiger partial charge in [0.25, 0.3) is 0 Å². The predicted octanol–water partition coefficient (Wildman–Crippen LogP) is 4.69. The van der Waals surface area contributed by atoms with E-state index in [0.29, 0.717) is 26.7 Å². The highest BCUT2D eigenvalue weighted by molar-refractivity contribution is 9.11. The smallest absolute Gasteiger partial charge is 0.172 e. The summed E-state index contributed by atoms with van der Waals surface area (Å²) >= 11 is 18.1. The molecule has 5 nitrogen and oxygen atoms in total. The molecule has 3 rings (SSSR count). The van der Waals surface area contributed by atoms with Crippen molar-refractivity contribution in [3.8, 4) is 0 Å². The van der Waals surface area contributed by atoms with E-state index < -0.39 is 0 Å². The standard InChI is InChI=1S/C17H17Br2ClN4OS/c18-13-9-21-15(14(19)23-13)24-16(26)22-10-17(5-7-25-8-6-17)11-1-3-12(20)4-2-11/h1-4,9H,5-8,10H2,(H2,21,22,24,26). The first-order valence-electron chi connectivity index (χ1n) is 8.05. The molecule has 0 amide bonds. The van der Waals surface area contributed by atoms with Crippen LogP contribution in [0.3, 0.4) is 0 Å². The van der Waals surface area contributed by atoms with Gasteiger partial charge in [-0.05, 0) is 74.6 Å². The van der Waals surface area contributed by atoms with Crippen molar-refractivity contribution in [3.05, 3.63) is 50.3 Å². The number of hydrogen-bond donors (Lipinski definition) is 2. The van der Waals surface area contributed by atoms with Crippen LogP contribution in [0.25, 0.3) is 0 Å². The quantitative estimate of drug-likeness (QED) is 0.571. The Morgan fingerprint density at radius 1 is 1.23 bits per heavy atom. The largest absolute Gasteiger partial charge is 0.381 e. The molecule has 1 aromatic heterocycles. The van der Waals surface area contributed by atoms with Crippen LogP contribution in [0.2, 0.25) is 5.02 Å². The number of nitrogens with zero attached hydrogens (tertiary/aromatic N) is 2. The second kappa shape index (κ2) is 8.93. The molecule has 0 atom stereocenters. The Hall–Kier alpha value is -0.800. The van der Waals surface area contributed by atoms with Gasteiger partial charge in [0.1, 0.15) is 9.21 Å². The maximum Gasteiger partial charge on any atom is 0.172 e. The summed E-state index contributed by atoms with van der Waals surface area (Å²) in [4.78, 5) is 8.51. The molecule has 138 valence electrons. The van der Waals surface area contributed by atoms with Gasteiger partial charge in [-0.2, -0.15) is 0 Å². The zero-order valence-corrected chi connectivity index (χ0v) is 18.5. The summed E-state index contributed by atoms with van der Waals surface area (Å²) in [6.45, 7) is 2.16. The fourth-order valence-electron chi connectivity index (χ4n) is 2.96. The van der Waals surface area contributed by atoms with E-state index in [0.717, 1.165) is 31.1 Å². The van der Waals surface area contributed by atoms with Crippen LogP contribution in [0.1, 0.15) is 18.4 Å². The third-order valence-corrected chi connectivity index (χ3v) is 5.86. The van der Waals surface area contributed by atoms with Crippen molar-refractivity contribution >= 4 is 66.6 Å².